The lowest BCUT2D eigenvalue weighted by molar-refractivity contribution is 0.929. The predicted molar refractivity (Wildman–Crippen MR) is 86.0 cm³/mol. The van der Waals surface area contributed by atoms with Crippen molar-refractivity contribution in [2.24, 2.45) is 0 Å². The van der Waals surface area contributed by atoms with Crippen molar-refractivity contribution < 1.29 is 0 Å². The van der Waals surface area contributed by atoms with E-state index in [0.717, 1.165) is 33.7 Å². The Hall–Kier alpha value is -2.53. The maximum atomic E-state index is 5.95. The molecule has 0 unspecified atom stereocenters. The van der Waals surface area contributed by atoms with Gasteiger partial charge in [-0.2, -0.15) is 5.10 Å². The van der Waals surface area contributed by atoms with Crippen LogP contribution >= 0.6 is 11.6 Å². The Balaban J connectivity index is 1.92. The summed E-state index contributed by atoms with van der Waals surface area (Å²) in [5.41, 5.74) is 5.09. The second kappa shape index (κ2) is 4.74. The fraction of sp³-hybridized carbons (Fsp3) is 0.125. The molecule has 0 aromatic carbocycles. The van der Waals surface area contributed by atoms with Crippen LogP contribution in [0.3, 0.4) is 0 Å². The summed E-state index contributed by atoms with van der Waals surface area (Å²) >= 11 is 5.95. The summed E-state index contributed by atoms with van der Waals surface area (Å²) in [5, 5.41) is 6.10. The average Bonchev–Trinajstić information content (AvgIpc) is 2.87. The zero-order chi connectivity index (χ0) is 15.3. The Morgan fingerprint density at radius 3 is 2.77 bits per heavy atom. The van der Waals surface area contributed by atoms with Gasteiger partial charge in [0.2, 0.25) is 0 Å². The summed E-state index contributed by atoms with van der Waals surface area (Å²) in [7, 11) is 0. The molecule has 0 atom stereocenters. The highest BCUT2D eigenvalue weighted by Crippen LogP contribution is 2.22. The molecule has 5 nitrogen and oxygen atoms in total. The van der Waals surface area contributed by atoms with Gasteiger partial charge in [-0.3, -0.25) is 0 Å². The first-order chi connectivity index (χ1) is 10.6. The fourth-order valence-electron chi connectivity index (χ4n) is 2.50. The average molecular weight is 310 g/mol. The maximum Gasteiger partial charge on any atom is 0.159 e. The minimum atomic E-state index is 0.603. The highest BCUT2D eigenvalue weighted by molar-refractivity contribution is 6.31. The Morgan fingerprint density at radius 1 is 1.05 bits per heavy atom. The molecule has 4 aromatic rings. The van der Waals surface area contributed by atoms with Crippen molar-refractivity contribution in [3.8, 4) is 11.4 Å². The van der Waals surface area contributed by atoms with Crippen LogP contribution in [0.2, 0.25) is 5.02 Å². The van der Waals surface area contributed by atoms with Crippen LogP contribution in [-0.2, 0) is 0 Å². The highest BCUT2D eigenvalue weighted by atomic mass is 35.5. The molecule has 4 aromatic heterocycles. The van der Waals surface area contributed by atoms with Gasteiger partial charge in [0.15, 0.2) is 11.3 Å². The van der Waals surface area contributed by atoms with Crippen molar-refractivity contribution in [1.29, 1.82) is 0 Å². The molecule has 108 valence electrons. The van der Waals surface area contributed by atoms with Gasteiger partial charge >= 0.3 is 0 Å². The lowest BCUT2D eigenvalue weighted by atomic mass is 10.2. The summed E-state index contributed by atoms with van der Waals surface area (Å²) in [5.74, 6) is 0. The minimum Gasteiger partial charge on any atom is -0.235 e. The topological polar surface area (TPSA) is 56.0 Å². The number of imidazole rings is 1. The quantitative estimate of drug-likeness (QED) is 0.539. The van der Waals surface area contributed by atoms with Crippen LogP contribution in [0.1, 0.15) is 11.3 Å². The number of rotatable bonds is 1. The summed E-state index contributed by atoms with van der Waals surface area (Å²) in [6.07, 6.45) is 3.51. The van der Waals surface area contributed by atoms with E-state index in [1.54, 1.807) is 10.7 Å². The minimum absolute atomic E-state index is 0.603. The van der Waals surface area contributed by atoms with Crippen molar-refractivity contribution >= 4 is 28.3 Å². The molecule has 0 saturated carbocycles. The monoisotopic (exact) mass is 309 g/mol. The van der Waals surface area contributed by atoms with Gasteiger partial charge in [0, 0.05) is 11.6 Å². The molecule has 0 aliphatic rings. The zero-order valence-electron chi connectivity index (χ0n) is 12.1. The molecule has 4 heterocycles. The lowest BCUT2D eigenvalue weighted by Crippen LogP contribution is -1.98. The number of halogens is 1. The Kier molecular flexibility index (Phi) is 2.84. The zero-order valence-corrected chi connectivity index (χ0v) is 12.8. The molecular formula is C16H12ClN5. The Labute approximate surface area is 131 Å². The third-order valence-corrected chi connectivity index (χ3v) is 3.71. The summed E-state index contributed by atoms with van der Waals surface area (Å²) in [6, 6.07) is 7.72. The lowest BCUT2D eigenvalue weighted by Gasteiger charge is -2.05. The van der Waals surface area contributed by atoms with Gasteiger partial charge in [-0.15, -0.1) is 0 Å². The molecule has 6 heteroatoms. The standard InChI is InChI=1S/C16H12ClN5/c1-9-5-14(21-22-8-10(2)19-16(9)22)13-4-3-11-6-12(17)7-18-15(11)20-13/h3-8H,1-2H3. The number of aryl methyl sites for hydroxylation is 2. The number of pyridine rings is 2. The summed E-state index contributed by atoms with van der Waals surface area (Å²) < 4.78 is 1.79. The van der Waals surface area contributed by atoms with Crippen LogP contribution in [0.25, 0.3) is 28.1 Å². The van der Waals surface area contributed by atoms with E-state index in [4.69, 9.17) is 11.6 Å². The van der Waals surface area contributed by atoms with Crippen molar-refractivity contribution in [2.75, 3.05) is 0 Å². The largest absolute Gasteiger partial charge is 0.235 e. The summed E-state index contributed by atoms with van der Waals surface area (Å²) in [6.45, 7) is 3.97. The van der Waals surface area contributed by atoms with E-state index in [1.165, 1.54) is 0 Å². The third kappa shape index (κ3) is 2.10. The third-order valence-electron chi connectivity index (χ3n) is 3.50. The van der Waals surface area contributed by atoms with Crippen molar-refractivity contribution in [1.82, 2.24) is 24.6 Å². The van der Waals surface area contributed by atoms with E-state index < -0.39 is 0 Å². The second-order valence-electron chi connectivity index (χ2n) is 5.26. The smallest absolute Gasteiger partial charge is 0.159 e. The van der Waals surface area contributed by atoms with Crippen LogP contribution in [0, 0.1) is 13.8 Å². The molecule has 0 fully saturated rings. The second-order valence-corrected chi connectivity index (χ2v) is 5.70. The SMILES string of the molecule is Cc1cn2nc(-c3ccc4cc(Cl)cnc4n3)cc(C)c2n1. The molecule has 0 amide bonds. The van der Waals surface area contributed by atoms with Gasteiger partial charge in [0.1, 0.15) is 5.69 Å². The molecule has 0 aliphatic heterocycles. The van der Waals surface area contributed by atoms with Gasteiger partial charge in [-0.1, -0.05) is 11.6 Å². The van der Waals surface area contributed by atoms with E-state index in [-0.39, 0.29) is 0 Å². The van der Waals surface area contributed by atoms with E-state index in [9.17, 15) is 0 Å². The highest BCUT2D eigenvalue weighted by Gasteiger charge is 2.09. The predicted octanol–water partition coefficient (Wildman–Crippen LogP) is 3.61. The van der Waals surface area contributed by atoms with Crippen LogP contribution in [0.15, 0.2) is 36.7 Å². The van der Waals surface area contributed by atoms with E-state index in [1.807, 2.05) is 44.3 Å². The van der Waals surface area contributed by atoms with Gasteiger partial charge in [0.05, 0.1) is 22.6 Å². The normalized spacial score (nSPS) is 11.4. The van der Waals surface area contributed by atoms with Crippen LogP contribution in [0.4, 0.5) is 0 Å². The van der Waals surface area contributed by atoms with Gasteiger partial charge in [0.25, 0.3) is 0 Å². The first-order valence-corrected chi connectivity index (χ1v) is 7.24. The maximum absolute atomic E-state index is 5.95. The van der Waals surface area contributed by atoms with Gasteiger partial charge in [-0.25, -0.2) is 19.5 Å². The number of fused-ring (bicyclic) bond motifs is 2. The van der Waals surface area contributed by atoms with E-state index in [2.05, 4.69) is 20.1 Å². The van der Waals surface area contributed by atoms with Crippen molar-refractivity contribution in [3.05, 3.63) is 52.9 Å². The van der Waals surface area contributed by atoms with Gasteiger partial charge in [-0.05, 0) is 43.7 Å². The molecule has 0 spiro atoms. The van der Waals surface area contributed by atoms with Crippen molar-refractivity contribution in [3.63, 3.8) is 0 Å². The Bertz CT molecular complexity index is 1020. The molecule has 22 heavy (non-hydrogen) atoms. The number of aromatic nitrogens is 5. The number of hydrogen-bond acceptors (Lipinski definition) is 4. The number of hydrogen-bond donors (Lipinski definition) is 0. The van der Waals surface area contributed by atoms with Crippen molar-refractivity contribution in [2.45, 2.75) is 13.8 Å². The molecule has 0 aliphatic carbocycles. The first-order valence-electron chi connectivity index (χ1n) is 6.86. The first kappa shape index (κ1) is 13.2. The van der Waals surface area contributed by atoms with E-state index >= 15 is 0 Å². The molecular weight excluding hydrogens is 298 g/mol. The van der Waals surface area contributed by atoms with Crippen LogP contribution < -0.4 is 0 Å². The molecule has 0 bridgehead atoms. The molecule has 0 saturated heterocycles. The van der Waals surface area contributed by atoms with Crippen LogP contribution in [0.5, 0.6) is 0 Å². The van der Waals surface area contributed by atoms with Gasteiger partial charge < -0.3 is 0 Å². The Morgan fingerprint density at radius 2 is 1.91 bits per heavy atom. The van der Waals surface area contributed by atoms with Crippen LogP contribution in [-0.4, -0.2) is 24.6 Å². The fourth-order valence-corrected chi connectivity index (χ4v) is 2.66. The molecule has 0 N–H and O–H groups in total. The number of nitrogens with zero attached hydrogens (tertiary/aromatic N) is 5. The molecule has 4 rings (SSSR count). The van der Waals surface area contributed by atoms with E-state index in [0.29, 0.717) is 10.7 Å². The molecule has 0 radical (unpaired) electrons. The summed E-state index contributed by atoms with van der Waals surface area (Å²) in [4.78, 5) is 13.3.